The van der Waals surface area contributed by atoms with Gasteiger partial charge in [-0.25, -0.2) is 13.4 Å². The first-order valence-corrected chi connectivity index (χ1v) is 11.9. The van der Waals surface area contributed by atoms with Gasteiger partial charge >= 0.3 is 0 Å². The summed E-state index contributed by atoms with van der Waals surface area (Å²) in [5.41, 5.74) is 2.19. The number of aromatic nitrogens is 3. The maximum Gasteiger partial charge on any atom is 0.258 e. The van der Waals surface area contributed by atoms with E-state index in [0.29, 0.717) is 29.2 Å². The van der Waals surface area contributed by atoms with Gasteiger partial charge in [0.1, 0.15) is 5.03 Å². The number of carbonyl (C=O) groups excluding carboxylic acids is 1. The number of amides is 1. The van der Waals surface area contributed by atoms with E-state index >= 15 is 0 Å². The number of benzene rings is 2. The van der Waals surface area contributed by atoms with Crippen molar-refractivity contribution in [1.82, 2.24) is 23.7 Å². The molecule has 0 bridgehead atoms. The standard InChI is InChI=1S/C22H20ClN5O3S/c23-18-3-6-20-17(13-18)14-21(25-20)32(30,31)28-11-9-26(10-12-28)22(29)16-1-4-19(5-2-16)27-8-7-24-15-27/h1-8,13-15,25H,9-12H2. The van der Waals surface area contributed by atoms with E-state index < -0.39 is 10.0 Å². The van der Waals surface area contributed by atoms with E-state index in [-0.39, 0.29) is 24.0 Å². The molecule has 1 saturated heterocycles. The Morgan fingerprint density at radius 1 is 1.00 bits per heavy atom. The minimum Gasteiger partial charge on any atom is -0.345 e. The monoisotopic (exact) mass is 469 g/mol. The number of nitrogens with zero attached hydrogens (tertiary/aromatic N) is 4. The Hall–Kier alpha value is -3.14. The van der Waals surface area contributed by atoms with Crippen LogP contribution in [0.2, 0.25) is 5.02 Å². The van der Waals surface area contributed by atoms with Gasteiger partial charge in [-0.3, -0.25) is 4.79 Å². The molecule has 164 valence electrons. The highest BCUT2D eigenvalue weighted by molar-refractivity contribution is 7.89. The van der Waals surface area contributed by atoms with Gasteiger partial charge in [0.15, 0.2) is 0 Å². The summed E-state index contributed by atoms with van der Waals surface area (Å²) >= 11 is 6.01. The number of hydrogen-bond donors (Lipinski definition) is 1. The normalized spacial score (nSPS) is 15.3. The molecule has 0 spiro atoms. The second-order valence-corrected chi connectivity index (χ2v) is 9.92. The molecule has 10 heteroatoms. The van der Waals surface area contributed by atoms with Crippen molar-refractivity contribution in [1.29, 1.82) is 0 Å². The summed E-state index contributed by atoms with van der Waals surface area (Å²) in [5, 5.41) is 1.42. The van der Waals surface area contributed by atoms with Crippen molar-refractivity contribution in [2.45, 2.75) is 5.03 Å². The summed E-state index contributed by atoms with van der Waals surface area (Å²) in [6.07, 6.45) is 5.22. The molecule has 0 atom stereocenters. The summed E-state index contributed by atoms with van der Waals surface area (Å²) in [7, 11) is -3.69. The fourth-order valence-corrected chi connectivity index (χ4v) is 5.47. The highest BCUT2D eigenvalue weighted by atomic mass is 35.5. The topological polar surface area (TPSA) is 91.3 Å². The van der Waals surface area contributed by atoms with Gasteiger partial charge in [0, 0.05) is 65.7 Å². The summed E-state index contributed by atoms with van der Waals surface area (Å²) in [4.78, 5) is 21.6. The third-order valence-electron chi connectivity index (χ3n) is 5.62. The second kappa shape index (κ2) is 8.09. The summed E-state index contributed by atoms with van der Waals surface area (Å²) in [6.45, 7) is 1.12. The van der Waals surface area contributed by atoms with Gasteiger partial charge in [0.2, 0.25) is 0 Å². The predicted molar refractivity (Wildman–Crippen MR) is 122 cm³/mol. The molecule has 0 radical (unpaired) electrons. The van der Waals surface area contributed by atoms with Crippen LogP contribution < -0.4 is 0 Å². The van der Waals surface area contributed by atoms with Crippen molar-refractivity contribution < 1.29 is 13.2 Å². The van der Waals surface area contributed by atoms with Crippen molar-refractivity contribution >= 4 is 38.4 Å². The fraction of sp³-hybridized carbons (Fsp3) is 0.182. The SMILES string of the molecule is O=C(c1ccc(-n2ccnc2)cc1)N1CCN(S(=O)(=O)c2cc3cc(Cl)ccc3[nH]2)CC1. The molecule has 0 saturated carbocycles. The molecule has 8 nitrogen and oxygen atoms in total. The molecule has 3 heterocycles. The van der Waals surface area contributed by atoms with Crippen LogP contribution in [-0.4, -0.2) is 64.2 Å². The van der Waals surface area contributed by atoms with E-state index in [0.717, 1.165) is 11.1 Å². The fourth-order valence-electron chi connectivity index (χ4n) is 3.86. The first-order chi connectivity index (χ1) is 15.4. The molecule has 1 N–H and O–H groups in total. The Morgan fingerprint density at radius 3 is 2.44 bits per heavy atom. The highest BCUT2D eigenvalue weighted by Crippen LogP contribution is 2.25. The number of fused-ring (bicyclic) bond motifs is 1. The van der Waals surface area contributed by atoms with Crippen LogP contribution in [0.15, 0.2) is 72.3 Å². The van der Waals surface area contributed by atoms with E-state index in [1.165, 1.54) is 4.31 Å². The average molecular weight is 470 g/mol. The van der Waals surface area contributed by atoms with Crippen molar-refractivity contribution in [3.8, 4) is 5.69 Å². The Balaban J connectivity index is 1.27. The van der Waals surface area contributed by atoms with Crippen molar-refractivity contribution in [2.75, 3.05) is 26.2 Å². The number of nitrogens with one attached hydrogen (secondary N) is 1. The van der Waals surface area contributed by atoms with Gasteiger partial charge in [0.05, 0.1) is 6.33 Å². The minimum absolute atomic E-state index is 0.112. The molecule has 5 rings (SSSR count). The van der Waals surface area contributed by atoms with E-state index in [9.17, 15) is 13.2 Å². The summed E-state index contributed by atoms with van der Waals surface area (Å²) in [6, 6.07) is 14.0. The number of carbonyl (C=O) groups is 1. The van der Waals surface area contributed by atoms with E-state index in [2.05, 4.69) is 9.97 Å². The number of aromatic amines is 1. The van der Waals surface area contributed by atoms with Crippen LogP contribution in [0, 0.1) is 0 Å². The van der Waals surface area contributed by atoms with E-state index in [1.54, 1.807) is 53.8 Å². The Morgan fingerprint density at radius 2 is 1.75 bits per heavy atom. The summed E-state index contributed by atoms with van der Waals surface area (Å²) < 4.78 is 29.4. The van der Waals surface area contributed by atoms with Crippen LogP contribution in [0.25, 0.3) is 16.6 Å². The number of imidazole rings is 1. The lowest BCUT2D eigenvalue weighted by Crippen LogP contribution is -2.50. The molecular formula is C22H20ClN5O3S. The molecule has 0 unspecified atom stereocenters. The highest BCUT2D eigenvalue weighted by Gasteiger charge is 2.31. The Labute approximate surface area is 190 Å². The first kappa shape index (κ1) is 20.7. The van der Waals surface area contributed by atoms with Gasteiger partial charge in [-0.05, 0) is 48.5 Å². The van der Waals surface area contributed by atoms with Crippen molar-refractivity contribution in [3.63, 3.8) is 0 Å². The van der Waals surface area contributed by atoms with Crippen LogP contribution >= 0.6 is 11.6 Å². The van der Waals surface area contributed by atoms with Gasteiger partial charge in [-0.2, -0.15) is 4.31 Å². The maximum absolute atomic E-state index is 13.1. The number of sulfonamides is 1. The van der Waals surface area contributed by atoms with Gasteiger partial charge in [0.25, 0.3) is 15.9 Å². The molecule has 2 aromatic heterocycles. The number of rotatable bonds is 4. The lowest BCUT2D eigenvalue weighted by Gasteiger charge is -2.33. The van der Waals surface area contributed by atoms with Crippen LogP contribution in [0.4, 0.5) is 0 Å². The number of halogens is 1. The molecule has 1 amide bonds. The number of piperazine rings is 1. The van der Waals surface area contributed by atoms with Gasteiger partial charge in [-0.15, -0.1) is 0 Å². The van der Waals surface area contributed by atoms with Gasteiger partial charge < -0.3 is 14.5 Å². The molecule has 0 aliphatic carbocycles. The van der Waals surface area contributed by atoms with E-state index in [4.69, 9.17) is 11.6 Å². The quantitative estimate of drug-likeness (QED) is 0.497. The zero-order valence-corrected chi connectivity index (χ0v) is 18.6. The largest absolute Gasteiger partial charge is 0.345 e. The zero-order chi connectivity index (χ0) is 22.3. The van der Waals surface area contributed by atoms with Crippen LogP contribution in [0.5, 0.6) is 0 Å². The molecule has 1 aliphatic rings. The van der Waals surface area contributed by atoms with Crippen LogP contribution in [0.1, 0.15) is 10.4 Å². The third kappa shape index (κ3) is 3.79. The third-order valence-corrected chi connectivity index (χ3v) is 7.67. The zero-order valence-electron chi connectivity index (χ0n) is 17.0. The molecule has 1 aliphatic heterocycles. The predicted octanol–water partition coefficient (Wildman–Crippen LogP) is 3.15. The molecule has 2 aromatic carbocycles. The number of hydrogen-bond acceptors (Lipinski definition) is 4. The van der Waals surface area contributed by atoms with Crippen molar-refractivity contribution in [3.05, 3.63) is 77.8 Å². The van der Waals surface area contributed by atoms with Crippen molar-refractivity contribution in [2.24, 2.45) is 0 Å². The van der Waals surface area contributed by atoms with E-state index in [1.807, 2.05) is 22.9 Å². The average Bonchev–Trinajstić information content (AvgIpc) is 3.49. The smallest absolute Gasteiger partial charge is 0.258 e. The van der Waals surface area contributed by atoms with Crippen LogP contribution in [-0.2, 0) is 10.0 Å². The lowest BCUT2D eigenvalue weighted by atomic mass is 10.1. The maximum atomic E-state index is 13.1. The molecule has 32 heavy (non-hydrogen) atoms. The Kier molecular flexibility index (Phi) is 5.24. The number of H-pyrrole nitrogens is 1. The van der Waals surface area contributed by atoms with Crippen LogP contribution in [0.3, 0.4) is 0 Å². The summed E-state index contributed by atoms with van der Waals surface area (Å²) in [5.74, 6) is -0.112. The molecule has 1 fully saturated rings. The lowest BCUT2D eigenvalue weighted by molar-refractivity contribution is 0.0698. The molecule has 4 aromatic rings. The Bertz CT molecular complexity index is 1370. The molecular weight excluding hydrogens is 450 g/mol. The minimum atomic E-state index is -3.69. The van der Waals surface area contributed by atoms with Gasteiger partial charge in [-0.1, -0.05) is 11.6 Å². The second-order valence-electron chi connectivity index (χ2n) is 7.58. The first-order valence-electron chi connectivity index (χ1n) is 10.1.